The first-order chi connectivity index (χ1) is 15.1. The molecule has 3 atom stereocenters. The molecule has 0 bridgehead atoms. The van der Waals surface area contributed by atoms with Crippen molar-refractivity contribution in [3.05, 3.63) is 93.9 Å². The first-order valence-electron chi connectivity index (χ1n) is 9.82. The summed E-state index contributed by atoms with van der Waals surface area (Å²) in [7, 11) is 0. The fourth-order valence-electron chi connectivity index (χ4n) is 4.80. The lowest BCUT2D eigenvalue weighted by molar-refractivity contribution is 0.0951. The van der Waals surface area contributed by atoms with E-state index >= 15 is 0 Å². The lowest BCUT2D eigenvalue weighted by Gasteiger charge is -2.35. The van der Waals surface area contributed by atoms with E-state index in [1.807, 2.05) is 58.8 Å². The van der Waals surface area contributed by atoms with Gasteiger partial charge >= 0.3 is 0 Å². The van der Waals surface area contributed by atoms with Crippen LogP contribution in [0.3, 0.4) is 0 Å². The van der Waals surface area contributed by atoms with Gasteiger partial charge in [-0.1, -0.05) is 36.4 Å². The number of rotatable bonds is 3. The van der Waals surface area contributed by atoms with Gasteiger partial charge in [-0.15, -0.1) is 11.3 Å². The van der Waals surface area contributed by atoms with E-state index < -0.39 is 29.2 Å². The maximum absolute atomic E-state index is 13.8. The molecule has 2 aromatic carbocycles. The maximum atomic E-state index is 13.8. The standard InChI is InChI=1S/C25H16FN3OS/c26-18-10-7-17(8-11-18)24(30)23-22(20-6-3-13-31-20)25(14-27,15-28)21-12-9-16-4-1-2-5-19(16)29(21)23/h1-13,21-23H/t21-,22+,23-/m1/s1. The Hall–Kier alpha value is -3.74. The first kappa shape index (κ1) is 19.2. The summed E-state index contributed by atoms with van der Waals surface area (Å²) in [5, 5.41) is 22.5. The van der Waals surface area contributed by atoms with Crippen molar-refractivity contribution in [1.29, 1.82) is 10.5 Å². The molecule has 0 saturated carbocycles. The second kappa shape index (κ2) is 7.19. The summed E-state index contributed by atoms with van der Waals surface area (Å²) in [6.45, 7) is 0. The number of nitriles is 2. The fraction of sp³-hybridized carbons (Fsp3) is 0.160. The summed E-state index contributed by atoms with van der Waals surface area (Å²) in [4.78, 5) is 16.6. The van der Waals surface area contributed by atoms with E-state index in [0.29, 0.717) is 5.56 Å². The number of Topliss-reactive ketones (excluding diaryl/α,β-unsaturated/α-hetero) is 1. The van der Waals surface area contributed by atoms with Gasteiger partial charge in [-0.2, -0.15) is 10.5 Å². The molecule has 0 N–H and O–H groups in total. The third-order valence-corrected chi connectivity index (χ3v) is 7.12. The van der Waals surface area contributed by atoms with Crippen molar-refractivity contribution >= 4 is 28.9 Å². The molecule has 0 aliphatic carbocycles. The molecule has 4 nitrogen and oxygen atoms in total. The summed E-state index contributed by atoms with van der Waals surface area (Å²) < 4.78 is 13.5. The predicted molar refractivity (Wildman–Crippen MR) is 117 cm³/mol. The van der Waals surface area contributed by atoms with Crippen LogP contribution in [-0.4, -0.2) is 17.9 Å². The summed E-state index contributed by atoms with van der Waals surface area (Å²) in [5.41, 5.74) is 0.636. The molecule has 6 heteroatoms. The molecule has 1 aromatic heterocycles. The molecule has 0 spiro atoms. The molecule has 2 aliphatic heterocycles. The van der Waals surface area contributed by atoms with Gasteiger partial charge in [-0.05, 0) is 47.3 Å². The molecule has 1 saturated heterocycles. The molecule has 3 aromatic rings. The van der Waals surface area contributed by atoms with Crippen molar-refractivity contribution in [1.82, 2.24) is 0 Å². The fourth-order valence-corrected chi connectivity index (χ4v) is 5.73. The monoisotopic (exact) mass is 425 g/mol. The number of hydrogen-bond acceptors (Lipinski definition) is 5. The second-order valence-electron chi connectivity index (χ2n) is 7.67. The molecule has 3 heterocycles. The summed E-state index contributed by atoms with van der Waals surface area (Å²) in [6, 6.07) is 20.0. The molecule has 2 aliphatic rings. The zero-order valence-corrected chi connectivity index (χ0v) is 17.1. The number of fused-ring (bicyclic) bond motifs is 3. The number of halogens is 1. The van der Waals surface area contributed by atoms with E-state index in [0.717, 1.165) is 16.1 Å². The highest BCUT2D eigenvalue weighted by Crippen LogP contribution is 2.56. The minimum absolute atomic E-state index is 0.235. The van der Waals surface area contributed by atoms with E-state index in [4.69, 9.17) is 0 Å². The SMILES string of the molecule is N#CC1(C#N)[C@@H](c2cccs2)[C@H](C(=O)c2ccc(F)cc2)N2c3ccccc3C=C[C@@H]21. The van der Waals surface area contributed by atoms with Gasteiger partial charge < -0.3 is 4.90 Å². The molecule has 1 fully saturated rings. The Labute approximate surface area is 183 Å². The topological polar surface area (TPSA) is 67.9 Å². The van der Waals surface area contributed by atoms with Gasteiger partial charge in [-0.25, -0.2) is 4.39 Å². The van der Waals surface area contributed by atoms with E-state index in [1.54, 1.807) is 0 Å². The second-order valence-corrected chi connectivity index (χ2v) is 8.65. The molecule has 31 heavy (non-hydrogen) atoms. The third-order valence-electron chi connectivity index (χ3n) is 6.16. The molecule has 0 amide bonds. The van der Waals surface area contributed by atoms with Gasteiger partial charge in [0.25, 0.3) is 0 Å². The lowest BCUT2D eigenvalue weighted by atomic mass is 9.71. The predicted octanol–water partition coefficient (Wildman–Crippen LogP) is 5.17. The lowest BCUT2D eigenvalue weighted by Crippen LogP contribution is -2.44. The average Bonchev–Trinajstić information content (AvgIpc) is 3.43. The van der Waals surface area contributed by atoms with Crippen LogP contribution >= 0.6 is 11.3 Å². The van der Waals surface area contributed by atoms with Crippen LogP contribution in [0.25, 0.3) is 6.08 Å². The van der Waals surface area contributed by atoms with Gasteiger partial charge in [0.2, 0.25) is 0 Å². The van der Waals surface area contributed by atoms with Crippen molar-refractivity contribution in [2.75, 3.05) is 4.90 Å². The summed E-state index contributed by atoms with van der Waals surface area (Å²) >= 11 is 1.43. The highest BCUT2D eigenvalue weighted by atomic mass is 32.1. The number of thiophene rings is 1. The van der Waals surface area contributed by atoms with E-state index in [9.17, 15) is 19.7 Å². The number of nitrogens with zero attached hydrogens (tertiary/aromatic N) is 3. The van der Waals surface area contributed by atoms with Crippen molar-refractivity contribution in [2.45, 2.75) is 18.0 Å². The molecular formula is C25H16FN3OS. The first-order valence-corrected chi connectivity index (χ1v) is 10.7. The van der Waals surface area contributed by atoms with Crippen molar-refractivity contribution in [3.8, 4) is 12.1 Å². The van der Waals surface area contributed by atoms with Crippen LogP contribution in [0.5, 0.6) is 0 Å². The Morgan fingerprint density at radius 2 is 1.77 bits per heavy atom. The maximum Gasteiger partial charge on any atom is 0.186 e. The highest BCUT2D eigenvalue weighted by molar-refractivity contribution is 7.10. The van der Waals surface area contributed by atoms with E-state index in [-0.39, 0.29) is 5.78 Å². The van der Waals surface area contributed by atoms with Crippen LogP contribution in [0.4, 0.5) is 10.1 Å². The molecule has 150 valence electrons. The van der Waals surface area contributed by atoms with Crippen LogP contribution < -0.4 is 4.90 Å². The number of benzene rings is 2. The van der Waals surface area contributed by atoms with Crippen LogP contribution in [0, 0.1) is 33.9 Å². The zero-order chi connectivity index (χ0) is 21.6. The van der Waals surface area contributed by atoms with Gasteiger partial charge in [0.15, 0.2) is 11.2 Å². The quantitative estimate of drug-likeness (QED) is 0.543. The summed E-state index contributed by atoms with van der Waals surface area (Å²) in [5.74, 6) is -1.31. The average molecular weight is 425 g/mol. The molecular weight excluding hydrogens is 409 g/mol. The number of hydrogen-bond donors (Lipinski definition) is 0. The Balaban J connectivity index is 1.77. The number of carbonyl (C=O) groups is 1. The Kier molecular flexibility index (Phi) is 4.46. The van der Waals surface area contributed by atoms with E-state index in [2.05, 4.69) is 12.1 Å². The highest BCUT2D eigenvalue weighted by Gasteiger charge is 2.63. The van der Waals surface area contributed by atoms with Crippen LogP contribution in [0.2, 0.25) is 0 Å². The van der Waals surface area contributed by atoms with Gasteiger partial charge in [0.05, 0.1) is 24.1 Å². The Bertz CT molecular complexity index is 1250. The minimum Gasteiger partial charge on any atom is -0.351 e. The Morgan fingerprint density at radius 3 is 2.45 bits per heavy atom. The smallest absolute Gasteiger partial charge is 0.186 e. The van der Waals surface area contributed by atoms with E-state index in [1.165, 1.54) is 35.6 Å². The number of carbonyl (C=O) groups excluding carboxylic acids is 1. The molecule has 5 rings (SSSR count). The summed E-state index contributed by atoms with van der Waals surface area (Å²) in [6.07, 6.45) is 3.77. The number of para-hydroxylation sites is 1. The van der Waals surface area contributed by atoms with Crippen molar-refractivity contribution < 1.29 is 9.18 Å². The molecule has 0 radical (unpaired) electrons. The number of ketones is 1. The third kappa shape index (κ3) is 2.73. The van der Waals surface area contributed by atoms with Crippen LogP contribution in [0.1, 0.15) is 26.7 Å². The molecule has 0 unspecified atom stereocenters. The van der Waals surface area contributed by atoms with Crippen molar-refractivity contribution in [3.63, 3.8) is 0 Å². The minimum atomic E-state index is -1.45. The normalized spacial score (nSPS) is 22.8. The van der Waals surface area contributed by atoms with Crippen molar-refractivity contribution in [2.24, 2.45) is 5.41 Å². The Morgan fingerprint density at radius 1 is 1.03 bits per heavy atom. The van der Waals surface area contributed by atoms with Gasteiger partial charge in [0, 0.05) is 16.1 Å². The number of anilines is 1. The van der Waals surface area contributed by atoms with Gasteiger partial charge in [-0.3, -0.25) is 4.79 Å². The largest absolute Gasteiger partial charge is 0.351 e. The van der Waals surface area contributed by atoms with Gasteiger partial charge in [0.1, 0.15) is 11.9 Å². The zero-order valence-electron chi connectivity index (χ0n) is 16.3. The van der Waals surface area contributed by atoms with Crippen LogP contribution in [-0.2, 0) is 0 Å². The van der Waals surface area contributed by atoms with Crippen LogP contribution in [0.15, 0.2) is 72.1 Å².